The molecule has 0 heterocycles. The number of carbonyl (C=O) groups excluding carboxylic acids is 1. The maximum Gasteiger partial charge on any atom is 0.308 e. The number of methoxy groups -OCH3 is 1. The van der Waals surface area contributed by atoms with Crippen LogP contribution >= 0.6 is 0 Å². The summed E-state index contributed by atoms with van der Waals surface area (Å²) in [6.07, 6.45) is 0.137. The minimum atomic E-state index is -0.489. The Bertz CT molecular complexity index is 410. The van der Waals surface area contributed by atoms with Gasteiger partial charge in [-0.2, -0.15) is 0 Å². The van der Waals surface area contributed by atoms with Crippen LogP contribution in [-0.4, -0.2) is 18.7 Å². The van der Waals surface area contributed by atoms with E-state index in [1.165, 1.54) is 0 Å². The topological polar surface area (TPSA) is 61.5 Å². The molecule has 4 heteroatoms. The minimum Gasteiger partial charge on any atom is -0.496 e. The third kappa shape index (κ3) is 4.37. The number of benzene rings is 1. The first-order chi connectivity index (χ1) is 8.33. The highest BCUT2D eigenvalue weighted by Crippen LogP contribution is 2.25. The fourth-order valence-electron chi connectivity index (χ4n) is 1.65. The molecule has 1 rings (SSSR count). The monoisotopic (exact) mass is 251 g/mol. The zero-order chi connectivity index (χ0) is 13.8. The van der Waals surface area contributed by atoms with Crippen LogP contribution < -0.4 is 10.5 Å². The Hall–Kier alpha value is -1.55. The molecule has 0 saturated heterocycles. The van der Waals surface area contributed by atoms with Crippen molar-refractivity contribution in [2.75, 3.05) is 7.11 Å². The fourth-order valence-corrected chi connectivity index (χ4v) is 1.65. The van der Waals surface area contributed by atoms with Crippen molar-refractivity contribution < 1.29 is 14.3 Å². The minimum absolute atomic E-state index is 0.137. The lowest BCUT2D eigenvalue weighted by Gasteiger charge is -2.21. The molecule has 0 saturated carbocycles. The number of esters is 1. The van der Waals surface area contributed by atoms with Gasteiger partial charge in [0.25, 0.3) is 0 Å². The molecule has 0 aliphatic heterocycles. The normalized spacial score (nSPS) is 12.9. The van der Waals surface area contributed by atoms with Gasteiger partial charge in [-0.3, -0.25) is 4.79 Å². The van der Waals surface area contributed by atoms with Gasteiger partial charge >= 0.3 is 5.97 Å². The van der Waals surface area contributed by atoms with Crippen LogP contribution in [0, 0.1) is 0 Å². The highest BCUT2D eigenvalue weighted by atomic mass is 16.6. The molecule has 0 amide bonds. The molecule has 2 N–H and O–H groups in total. The van der Waals surface area contributed by atoms with Crippen LogP contribution in [0.25, 0.3) is 0 Å². The Kier molecular flexibility index (Phi) is 4.73. The number of hydrogen-bond donors (Lipinski definition) is 1. The first-order valence-electron chi connectivity index (χ1n) is 5.94. The highest BCUT2D eigenvalue weighted by Gasteiger charge is 2.20. The number of nitrogens with two attached hydrogens (primary N) is 1. The van der Waals surface area contributed by atoms with E-state index in [1.54, 1.807) is 7.11 Å². The first-order valence-corrected chi connectivity index (χ1v) is 5.94. The molecule has 4 nitrogen and oxygen atoms in total. The molecule has 1 atom stereocenters. The lowest BCUT2D eigenvalue weighted by atomic mass is 10.0. The second-order valence-corrected chi connectivity index (χ2v) is 5.14. The molecule has 0 spiro atoms. The van der Waals surface area contributed by atoms with Crippen molar-refractivity contribution in [1.82, 2.24) is 0 Å². The predicted molar refractivity (Wildman–Crippen MR) is 70.4 cm³/mol. The predicted octanol–water partition coefficient (Wildman–Crippen LogP) is 2.43. The first kappa shape index (κ1) is 14.5. The van der Waals surface area contributed by atoms with Crippen LogP contribution in [-0.2, 0) is 9.53 Å². The quantitative estimate of drug-likeness (QED) is 0.835. The van der Waals surface area contributed by atoms with Crippen molar-refractivity contribution in [1.29, 1.82) is 0 Å². The van der Waals surface area contributed by atoms with Crippen LogP contribution in [0.15, 0.2) is 24.3 Å². The Balaban J connectivity index is 2.70. The zero-order valence-corrected chi connectivity index (χ0v) is 11.4. The van der Waals surface area contributed by atoms with E-state index >= 15 is 0 Å². The average Bonchev–Trinajstić information content (AvgIpc) is 2.26. The Morgan fingerprint density at radius 2 is 1.94 bits per heavy atom. The van der Waals surface area contributed by atoms with Crippen LogP contribution in [0.4, 0.5) is 0 Å². The van der Waals surface area contributed by atoms with Crippen molar-refractivity contribution in [2.45, 2.75) is 38.8 Å². The lowest BCUT2D eigenvalue weighted by molar-refractivity contribution is -0.155. The lowest BCUT2D eigenvalue weighted by Crippen LogP contribution is -2.26. The molecule has 0 aliphatic rings. The largest absolute Gasteiger partial charge is 0.496 e. The van der Waals surface area contributed by atoms with Crippen molar-refractivity contribution in [2.24, 2.45) is 5.73 Å². The zero-order valence-electron chi connectivity index (χ0n) is 11.4. The van der Waals surface area contributed by atoms with Gasteiger partial charge in [-0.1, -0.05) is 18.2 Å². The standard InChI is InChI=1S/C14H21NO3/c1-14(2,3)18-13(16)9-11(15)10-7-5-6-8-12(10)17-4/h5-8,11H,9,15H2,1-4H3/t11-/m0/s1. The van der Waals surface area contributed by atoms with Gasteiger partial charge in [-0.05, 0) is 26.8 Å². The maximum absolute atomic E-state index is 11.7. The summed E-state index contributed by atoms with van der Waals surface area (Å²) in [6, 6.07) is 6.99. The molecule has 0 unspecified atom stereocenters. The van der Waals surface area contributed by atoms with Crippen molar-refractivity contribution in [3.05, 3.63) is 29.8 Å². The summed E-state index contributed by atoms with van der Waals surface area (Å²) in [5, 5.41) is 0. The van der Waals surface area contributed by atoms with Gasteiger partial charge in [0.2, 0.25) is 0 Å². The third-order valence-corrected chi connectivity index (χ3v) is 2.34. The van der Waals surface area contributed by atoms with Crippen molar-refractivity contribution in [3.63, 3.8) is 0 Å². The number of hydrogen-bond acceptors (Lipinski definition) is 4. The van der Waals surface area contributed by atoms with E-state index in [0.717, 1.165) is 5.56 Å². The van der Waals surface area contributed by atoms with Gasteiger partial charge in [0.05, 0.1) is 13.5 Å². The molecule has 0 bridgehead atoms. The number of carbonyl (C=O) groups is 1. The summed E-state index contributed by atoms with van der Waals surface area (Å²) in [5.41, 5.74) is 6.33. The summed E-state index contributed by atoms with van der Waals surface area (Å²) >= 11 is 0. The fraction of sp³-hybridized carbons (Fsp3) is 0.500. The van der Waals surface area contributed by atoms with Gasteiger partial charge in [0.1, 0.15) is 11.4 Å². The van der Waals surface area contributed by atoms with E-state index in [4.69, 9.17) is 15.2 Å². The van der Waals surface area contributed by atoms with E-state index in [-0.39, 0.29) is 12.4 Å². The SMILES string of the molecule is COc1ccccc1[C@@H](N)CC(=O)OC(C)(C)C. The molecule has 0 fully saturated rings. The molecule has 1 aromatic rings. The molecular formula is C14H21NO3. The van der Waals surface area contributed by atoms with Crippen LogP contribution in [0.2, 0.25) is 0 Å². The average molecular weight is 251 g/mol. The summed E-state index contributed by atoms with van der Waals surface area (Å²) in [6.45, 7) is 5.50. The Morgan fingerprint density at radius 1 is 1.33 bits per heavy atom. The van der Waals surface area contributed by atoms with Gasteiger partial charge in [-0.25, -0.2) is 0 Å². The van der Waals surface area contributed by atoms with Gasteiger partial charge in [-0.15, -0.1) is 0 Å². The molecule has 1 aromatic carbocycles. The van der Waals surface area contributed by atoms with Gasteiger partial charge in [0, 0.05) is 11.6 Å². The molecule has 0 radical (unpaired) electrons. The summed E-state index contributed by atoms with van der Waals surface area (Å²) < 4.78 is 10.5. The van der Waals surface area contributed by atoms with Crippen LogP contribution in [0.3, 0.4) is 0 Å². The molecule has 18 heavy (non-hydrogen) atoms. The number of ether oxygens (including phenoxy) is 2. The van der Waals surface area contributed by atoms with Crippen molar-refractivity contribution in [3.8, 4) is 5.75 Å². The smallest absolute Gasteiger partial charge is 0.308 e. The van der Waals surface area contributed by atoms with Gasteiger partial charge in [0.15, 0.2) is 0 Å². The van der Waals surface area contributed by atoms with E-state index in [0.29, 0.717) is 5.75 Å². The van der Waals surface area contributed by atoms with E-state index in [2.05, 4.69) is 0 Å². The number of rotatable bonds is 4. The highest BCUT2D eigenvalue weighted by molar-refractivity contribution is 5.71. The summed E-state index contributed by atoms with van der Waals surface area (Å²) in [5.74, 6) is 0.384. The maximum atomic E-state index is 11.7. The van der Waals surface area contributed by atoms with E-state index < -0.39 is 11.6 Å². The molecule has 100 valence electrons. The van der Waals surface area contributed by atoms with Crippen molar-refractivity contribution >= 4 is 5.97 Å². The Labute approximate surface area is 108 Å². The molecule has 0 aliphatic carbocycles. The molecule has 0 aromatic heterocycles. The van der Waals surface area contributed by atoms with E-state index in [9.17, 15) is 4.79 Å². The molecular weight excluding hydrogens is 230 g/mol. The second-order valence-electron chi connectivity index (χ2n) is 5.14. The van der Waals surface area contributed by atoms with E-state index in [1.807, 2.05) is 45.0 Å². The summed E-state index contributed by atoms with van der Waals surface area (Å²) in [4.78, 5) is 11.7. The van der Waals surface area contributed by atoms with Crippen LogP contribution in [0.1, 0.15) is 38.8 Å². The second kappa shape index (κ2) is 5.87. The Morgan fingerprint density at radius 3 is 2.50 bits per heavy atom. The summed E-state index contributed by atoms with van der Waals surface area (Å²) in [7, 11) is 1.58. The number of para-hydroxylation sites is 1. The third-order valence-electron chi connectivity index (χ3n) is 2.34. The van der Waals surface area contributed by atoms with Crippen LogP contribution in [0.5, 0.6) is 5.75 Å². The van der Waals surface area contributed by atoms with Gasteiger partial charge < -0.3 is 15.2 Å².